The molecule has 2 rings (SSSR count). The SMILES string of the molecule is CCCCC=CCN(CCc1ccccc1)S(=O)(=O)c1ccc([N+](=O)[O-])cc1[N+](=O)[O-]. The summed E-state index contributed by atoms with van der Waals surface area (Å²) in [7, 11) is -4.26. The third-order valence-electron chi connectivity index (χ3n) is 4.66. The van der Waals surface area contributed by atoms with E-state index in [9.17, 15) is 28.6 Å². The van der Waals surface area contributed by atoms with E-state index in [2.05, 4.69) is 6.92 Å². The molecule has 0 heterocycles. The van der Waals surface area contributed by atoms with Gasteiger partial charge in [-0.05, 0) is 24.5 Å². The molecule has 2 aromatic rings. The van der Waals surface area contributed by atoms with Gasteiger partial charge in [-0.3, -0.25) is 20.2 Å². The van der Waals surface area contributed by atoms with Crippen molar-refractivity contribution in [1.29, 1.82) is 0 Å². The number of allylic oxidation sites excluding steroid dienone is 1. The fraction of sp³-hybridized carbons (Fsp3) is 0.333. The van der Waals surface area contributed by atoms with Gasteiger partial charge in [0.1, 0.15) is 0 Å². The van der Waals surface area contributed by atoms with Gasteiger partial charge in [-0.15, -0.1) is 0 Å². The maximum atomic E-state index is 13.3. The predicted molar refractivity (Wildman–Crippen MR) is 117 cm³/mol. The van der Waals surface area contributed by atoms with Crippen LogP contribution in [0.1, 0.15) is 31.7 Å². The fourth-order valence-electron chi connectivity index (χ4n) is 2.96. The average Bonchev–Trinajstić information content (AvgIpc) is 2.75. The summed E-state index contributed by atoms with van der Waals surface area (Å²) in [6, 6.07) is 11.9. The van der Waals surface area contributed by atoms with Crippen LogP contribution in [0, 0.1) is 20.2 Å². The molecule has 2 aromatic carbocycles. The second-order valence-corrected chi connectivity index (χ2v) is 8.78. The van der Waals surface area contributed by atoms with Crippen LogP contribution in [-0.2, 0) is 16.4 Å². The highest BCUT2D eigenvalue weighted by Crippen LogP contribution is 2.30. The molecule has 0 atom stereocenters. The molecule has 0 saturated heterocycles. The zero-order chi connectivity index (χ0) is 22.9. The predicted octanol–water partition coefficient (Wildman–Crippen LogP) is 4.48. The van der Waals surface area contributed by atoms with Crippen molar-refractivity contribution in [3.63, 3.8) is 0 Å². The molecule has 0 amide bonds. The lowest BCUT2D eigenvalue weighted by atomic mass is 10.1. The summed E-state index contributed by atoms with van der Waals surface area (Å²) in [5.41, 5.74) is -0.425. The molecule has 0 spiro atoms. The van der Waals surface area contributed by atoms with E-state index in [0.717, 1.165) is 41.3 Å². The highest BCUT2D eigenvalue weighted by molar-refractivity contribution is 7.89. The molecule has 31 heavy (non-hydrogen) atoms. The Morgan fingerprint density at radius 2 is 1.71 bits per heavy atom. The Labute approximate surface area is 181 Å². The van der Waals surface area contributed by atoms with Crippen LogP contribution in [0.4, 0.5) is 11.4 Å². The molecule has 0 aliphatic heterocycles. The maximum Gasteiger partial charge on any atom is 0.296 e. The Kier molecular flexibility index (Phi) is 8.83. The number of benzene rings is 2. The van der Waals surface area contributed by atoms with E-state index in [1.807, 2.05) is 36.4 Å². The normalized spacial score (nSPS) is 11.8. The van der Waals surface area contributed by atoms with E-state index in [0.29, 0.717) is 12.5 Å². The number of hydrogen-bond donors (Lipinski definition) is 0. The third-order valence-corrected chi connectivity index (χ3v) is 6.57. The molecule has 0 fully saturated rings. The summed E-state index contributed by atoms with van der Waals surface area (Å²) in [6.45, 7) is 2.21. The minimum absolute atomic E-state index is 0.0486. The molecular formula is C21H25N3O6S. The molecule has 9 nitrogen and oxygen atoms in total. The van der Waals surface area contributed by atoms with E-state index in [4.69, 9.17) is 0 Å². The highest BCUT2D eigenvalue weighted by atomic mass is 32.2. The zero-order valence-corrected chi connectivity index (χ0v) is 18.0. The number of nitro benzene ring substituents is 2. The van der Waals surface area contributed by atoms with E-state index in [1.165, 1.54) is 0 Å². The molecule has 10 heteroatoms. The summed E-state index contributed by atoms with van der Waals surface area (Å²) >= 11 is 0. The standard InChI is InChI=1S/C21H25N3O6S/c1-2-3-4-5-9-15-22(16-14-18-10-7-6-8-11-18)31(29,30)21-13-12-19(23(25)26)17-20(21)24(27)28/h5-13,17H,2-4,14-16H2,1H3. The van der Waals surface area contributed by atoms with Crippen LogP contribution in [0.3, 0.4) is 0 Å². The van der Waals surface area contributed by atoms with Gasteiger partial charge in [0.25, 0.3) is 11.4 Å². The molecule has 0 unspecified atom stereocenters. The van der Waals surface area contributed by atoms with Crippen LogP contribution in [0.15, 0.2) is 65.6 Å². The minimum Gasteiger partial charge on any atom is -0.258 e. The fourth-order valence-corrected chi connectivity index (χ4v) is 4.49. The van der Waals surface area contributed by atoms with Gasteiger partial charge in [-0.1, -0.05) is 62.2 Å². The molecule has 0 aliphatic carbocycles. The Bertz CT molecular complexity index is 1040. The number of nitro groups is 2. The first-order valence-corrected chi connectivity index (χ1v) is 11.3. The first-order chi connectivity index (χ1) is 14.8. The Balaban J connectivity index is 2.38. The van der Waals surface area contributed by atoms with Crippen LogP contribution in [0.2, 0.25) is 0 Å². The average molecular weight is 448 g/mol. The van der Waals surface area contributed by atoms with Crippen LogP contribution in [0.5, 0.6) is 0 Å². The molecule has 0 radical (unpaired) electrons. The van der Waals surface area contributed by atoms with E-state index < -0.39 is 36.1 Å². The Morgan fingerprint density at radius 3 is 2.32 bits per heavy atom. The summed E-state index contributed by atoms with van der Waals surface area (Å²) in [6.07, 6.45) is 6.83. The Hall–Kier alpha value is -3.11. The topological polar surface area (TPSA) is 124 Å². The van der Waals surface area contributed by atoms with Gasteiger partial charge in [-0.25, -0.2) is 8.42 Å². The van der Waals surface area contributed by atoms with Crippen molar-refractivity contribution in [2.24, 2.45) is 0 Å². The first kappa shape index (κ1) is 24.2. The lowest BCUT2D eigenvalue weighted by molar-refractivity contribution is -0.396. The van der Waals surface area contributed by atoms with Crippen molar-refractivity contribution in [1.82, 2.24) is 4.31 Å². The molecular weight excluding hydrogens is 422 g/mol. The van der Waals surface area contributed by atoms with Gasteiger partial charge in [0.15, 0.2) is 4.90 Å². The smallest absolute Gasteiger partial charge is 0.258 e. The summed E-state index contributed by atoms with van der Waals surface area (Å²) in [4.78, 5) is 20.2. The monoisotopic (exact) mass is 447 g/mol. The van der Waals surface area contributed by atoms with Crippen molar-refractivity contribution in [2.45, 2.75) is 37.5 Å². The largest absolute Gasteiger partial charge is 0.296 e. The van der Waals surface area contributed by atoms with Crippen molar-refractivity contribution in [2.75, 3.05) is 13.1 Å². The minimum atomic E-state index is -4.26. The van der Waals surface area contributed by atoms with Crippen LogP contribution in [0.25, 0.3) is 0 Å². The van der Waals surface area contributed by atoms with Crippen molar-refractivity contribution >= 4 is 21.4 Å². The Morgan fingerprint density at radius 1 is 1.00 bits per heavy atom. The number of nitrogens with zero attached hydrogens (tertiary/aromatic N) is 3. The zero-order valence-electron chi connectivity index (χ0n) is 17.2. The van der Waals surface area contributed by atoms with Gasteiger partial charge < -0.3 is 0 Å². The number of non-ortho nitro benzene ring substituents is 1. The molecule has 0 N–H and O–H groups in total. The van der Waals surface area contributed by atoms with Gasteiger partial charge in [-0.2, -0.15) is 4.31 Å². The quantitative estimate of drug-likeness (QED) is 0.204. The van der Waals surface area contributed by atoms with Gasteiger partial charge in [0, 0.05) is 19.2 Å². The van der Waals surface area contributed by atoms with Crippen LogP contribution < -0.4 is 0 Å². The number of rotatable bonds is 12. The van der Waals surface area contributed by atoms with Gasteiger partial charge >= 0.3 is 0 Å². The number of unbranched alkanes of at least 4 members (excludes halogenated alkanes) is 2. The second kappa shape index (κ2) is 11.3. The molecule has 0 aliphatic rings. The van der Waals surface area contributed by atoms with Crippen molar-refractivity contribution in [3.8, 4) is 0 Å². The summed E-state index contributed by atoms with van der Waals surface area (Å²) in [5.74, 6) is 0. The van der Waals surface area contributed by atoms with Crippen molar-refractivity contribution in [3.05, 3.63) is 86.5 Å². The van der Waals surface area contributed by atoms with Gasteiger partial charge in [0.05, 0.1) is 15.9 Å². The van der Waals surface area contributed by atoms with Gasteiger partial charge in [0.2, 0.25) is 10.0 Å². The highest BCUT2D eigenvalue weighted by Gasteiger charge is 2.32. The first-order valence-electron chi connectivity index (χ1n) is 9.89. The van der Waals surface area contributed by atoms with Crippen LogP contribution in [-0.4, -0.2) is 35.7 Å². The number of sulfonamides is 1. The third kappa shape index (κ3) is 6.69. The molecule has 0 saturated carbocycles. The van der Waals surface area contributed by atoms with Crippen LogP contribution >= 0.6 is 0 Å². The lowest BCUT2D eigenvalue weighted by Gasteiger charge is -2.21. The lowest BCUT2D eigenvalue weighted by Crippen LogP contribution is -2.33. The summed E-state index contributed by atoms with van der Waals surface area (Å²) in [5, 5.41) is 22.4. The van der Waals surface area contributed by atoms with E-state index in [-0.39, 0.29) is 13.1 Å². The number of hydrogen-bond acceptors (Lipinski definition) is 6. The van der Waals surface area contributed by atoms with E-state index >= 15 is 0 Å². The van der Waals surface area contributed by atoms with E-state index in [1.54, 1.807) is 6.08 Å². The molecule has 0 bridgehead atoms. The summed E-state index contributed by atoms with van der Waals surface area (Å²) < 4.78 is 27.8. The maximum absolute atomic E-state index is 13.3. The molecule has 166 valence electrons. The second-order valence-electron chi connectivity index (χ2n) is 6.88. The molecule has 0 aromatic heterocycles. The van der Waals surface area contributed by atoms with Crippen molar-refractivity contribution < 1.29 is 18.3 Å².